The van der Waals surface area contributed by atoms with E-state index in [9.17, 15) is 9.59 Å². The Morgan fingerprint density at radius 2 is 2.25 bits per heavy atom. The Labute approximate surface area is 69.9 Å². The first-order valence-electron chi connectivity index (χ1n) is 3.27. The van der Waals surface area contributed by atoms with Gasteiger partial charge < -0.3 is 16.2 Å². The van der Waals surface area contributed by atoms with Gasteiger partial charge in [0.25, 0.3) is 5.91 Å². The predicted molar refractivity (Wildman–Crippen MR) is 42.1 cm³/mol. The number of carboxylic acid groups (broad SMARTS) is 1. The van der Waals surface area contributed by atoms with Crippen molar-refractivity contribution >= 4 is 11.9 Å². The van der Waals surface area contributed by atoms with Crippen LogP contribution in [-0.4, -0.2) is 29.6 Å². The van der Waals surface area contributed by atoms with Crippen molar-refractivity contribution in [1.29, 1.82) is 0 Å². The Balaban J connectivity index is 3.73. The molecule has 12 heavy (non-hydrogen) atoms. The van der Waals surface area contributed by atoms with Crippen LogP contribution in [0.1, 0.15) is 6.92 Å². The van der Waals surface area contributed by atoms with Crippen molar-refractivity contribution in [2.45, 2.75) is 13.0 Å². The maximum atomic E-state index is 10.6. The van der Waals surface area contributed by atoms with E-state index in [1.165, 1.54) is 6.92 Å². The monoisotopic (exact) mass is 170 g/mol. The van der Waals surface area contributed by atoms with Crippen LogP contribution in [0.25, 0.3) is 0 Å². The number of aliphatic carboxylic acids is 1. The molecule has 66 valence electrons. The van der Waals surface area contributed by atoms with E-state index < -0.39 is 17.9 Å². The third kappa shape index (κ3) is 4.30. The van der Waals surface area contributed by atoms with E-state index in [0.717, 1.165) is 0 Å². The van der Waals surface area contributed by atoms with E-state index >= 15 is 0 Å². The van der Waals surface area contributed by atoms with Gasteiger partial charge in [0.1, 0.15) is 6.04 Å². The average molecular weight is 170 g/mol. The van der Waals surface area contributed by atoms with Crippen LogP contribution in [0.15, 0.2) is 0 Å². The zero-order valence-corrected chi connectivity index (χ0v) is 6.63. The second-order valence-corrected chi connectivity index (χ2v) is 2.03. The molecule has 0 saturated carbocycles. The summed E-state index contributed by atoms with van der Waals surface area (Å²) in [6.45, 7) is 1.40. The first-order chi connectivity index (χ1) is 5.57. The smallest absolute Gasteiger partial charge is 0.322 e. The van der Waals surface area contributed by atoms with Crippen LogP contribution in [0.5, 0.6) is 0 Å². The molecular weight excluding hydrogens is 160 g/mol. The summed E-state index contributed by atoms with van der Waals surface area (Å²) < 4.78 is 0. The fourth-order valence-electron chi connectivity index (χ4n) is 0.448. The molecule has 0 aliphatic carbocycles. The normalized spacial score (nSPS) is 10.8. The Morgan fingerprint density at radius 1 is 1.67 bits per heavy atom. The molecule has 0 aliphatic rings. The third-order valence-corrected chi connectivity index (χ3v) is 1.04. The predicted octanol–water partition coefficient (Wildman–Crippen LogP) is -1.46. The van der Waals surface area contributed by atoms with Gasteiger partial charge in [-0.2, -0.15) is 0 Å². The molecule has 0 aromatic carbocycles. The van der Waals surface area contributed by atoms with E-state index in [0.29, 0.717) is 0 Å². The molecule has 0 saturated heterocycles. The van der Waals surface area contributed by atoms with Crippen molar-refractivity contribution in [3.8, 4) is 11.8 Å². The van der Waals surface area contributed by atoms with Crippen LogP contribution in [0, 0.1) is 11.8 Å². The summed E-state index contributed by atoms with van der Waals surface area (Å²) in [4.78, 5) is 20.8. The van der Waals surface area contributed by atoms with Crippen LogP contribution in [0.3, 0.4) is 0 Å². The van der Waals surface area contributed by atoms with Gasteiger partial charge in [-0.3, -0.25) is 9.59 Å². The number of amides is 1. The quantitative estimate of drug-likeness (QED) is 0.451. The minimum absolute atomic E-state index is 0.108. The van der Waals surface area contributed by atoms with Gasteiger partial charge in [-0.05, 0) is 12.8 Å². The van der Waals surface area contributed by atoms with Gasteiger partial charge in [0.15, 0.2) is 0 Å². The standard InChI is InChI=1S/C7H10N2O3/c1-2-3-6(10)9-4-5(8)7(11)12/h5H,4,8H2,1H3,(H,9,10)(H,11,12). The van der Waals surface area contributed by atoms with Crippen molar-refractivity contribution in [1.82, 2.24) is 5.32 Å². The number of carbonyl (C=O) groups excluding carboxylic acids is 1. The topological polar surface area (TPSA) is 92.4 Å². The van der Waals surface area contributed by atoms with E-state index in [1.807, 2.05) is 0 Å². The zero-order chi connectivity index (χ0) is 9.56. The first-order valence-corrected chi connectivity index (χ1v) is 3.27. The molecule has 0 bridgehead atoms. The number of hydrogen-bond acceptors (Lipinski definition) is 3. The zero-order valence-electron chi connectivity index (χ0n) is 6.63. The number of carbonyl (C=O) groups is 2. The highest BCUT2D eigenvalue weighted by Crippen LogP contribution is 1.74. The summed E-state index contributed by atoms with van der Waals surface area (Å²) in [5.41, 5.74) is 5.10. The molecule has 0 spiro atoms. The van der Waals surface area contributed by atoms with Gasteiger partial charge in [-0.1, -0.05) is 5.92 Å². The van der Waals surface area contributed by atoms with Gasteiger partial charge in [0.2, 0.25) is 0 Å². The van der Waals surface area contributed by atoms with Crippen LogP contribution >= 0.6 is 0 Å². The highest BCUT2D eigenvalue weighted by atomic mass is 16.4. The van der Waals surface area contributed by atoms with Crippen molar-refractivity contribution < 1.29 is 14.7 Å². The average Bonchev–Trinajstić information content (AvgIpc) is 2.00. The molecule has 4 N–H and O–H groups in total. The molecule has 5 nitrogen and oxygen atoms in total. The lowest BCUT2D eigenvalue weighted by Gasteiger charge is -2.04. The van der Waals surface area contributed by atoms with Crippen molar-refractivity contribution in [2.24, 2.45) is 5.73 Å². The molecule has 0 heterocycles. The summed E-state index contributed by atoms with van der Waals surface area (Å²) in [7, 11) is 0. The number of nitrogens with two attached hydrogens (primary N) is 1. The summed E-state index contributed by atoms with van der Waals surface area (Å²) in [5.74, 6) is 2.89. The summed E-state index contributed by atoms with van der Waals surface area (Å²) in [6.07, 6.45) is 0. The lowest BCUT2D eigenvalue weighted by atomic mass is 10.3. The molecule has 0 fully saturated rings. The van der Waals surface area contributed by atoms with Crippen molar-refractivity contribution in [3.05, 3.63) is 0 Å². The lowest BCUT2D eigenvalue weighted by Crippen LogP contribution is -2.42. The van der Waals surface area contributed by atoms with Gasteiger partial charge in [0, 0.05) is 6.54 Å². The number of rotatable bonds is 3. The molecule has 1 amide bonds. The van der Waals surface area contributed by atoms with Gasteiger partial charge in [0.05, 0.1) is 0 Å². The Bertz CT molecular complexity index is 239. The number of carboxylic acids is 1. The van der Waals surface area contributed by atoms with E-state index in [4.69, 9.17) is 10.8 Å². The largest absolute Gasteiger partial charge is 0.480 e. The molecule has 5 heteroatoms. The second-order valence-electron chi connectivity index (χ2n) is 2.03. The minimum Gasteiger partial charge on any atom is -0.480 e. The molecule has 0 aromatic rings. The van der Waals surface area contributed by atoms with Gasteiger partial charge >= 0.3 is 5.97 Å². The van der Waals surface area contributed by atoms with E-state index in [-0.39, 0.29) is 6.54 Å². The Hall–Kier alpha value is -1.54. The van der Waals surface area contributed by atoms with Gasteiger partial charge in [-0.25, -0.2) is 0 Å². The summed E-state index contributed by atoms with van der Waals surface area (Å²) in [6, 6.07) is -1.08. The summed E-state index contributed by atoms with van der Waals surface area (Å²) in [5, 5.41) is 10.6. The third-order valence-electron chi connectivity index (χ3n) is 1.04. The van der Waals surface area contributed by atoms with E-state index in [1.54, 1.807) is 0 Å². The molecule has 0 radical (unpaired) electrons. The molecular formula is C7H10N2O3. The highest BCUT2D eigenvalue weighted by molar-refractivity contribution is 5.93. The number of hydrogen-bond donors (Lipinski definition) is 3. The minimum atomic E-state index is -1.15. The molecule has 0 aliphatic heterocycles. The molecule has 0 rings (SSSR count). The van der Waals surface area contributed by atoms with Crippen LogP contribution < -0.4 is 11.1 Å². The first kappa shape index (κ1) is 10.5. The van der Waals surface area contributed by atoms with Gasteiger partial charge in [-0.15, -0.1) is 0 Å². The van der Waals surface area contributed by atoms with E-state index in [2.05, 4.69) is 17.2 Å². The van der Waals surface area contributed by atoms with Crippen LogP contribution in [-0.2, 0) is 9.59 Å². The highest BCUT2D eigenvalue weighted by Gasteiger charge is 2.11. The maximum absolute atomic E-state index is 10.6. The second kappa shape index (κ2) is 5.16. The Kier molecular flexibility index (Phi) is 4.49. The fraction of sp³-hybridized carbons (Fsp3) is 0.429. The molecule has 1 atom stereocenters. The maximum Gasteiger partial charge on any atom is 0.322 e. The number of nitrogens with one attached hydrogen (secondary N) is 1. The lowest BCUT2D eigenvalue weighted by molar-refractivity contribution is -0.138. The fourth-order valence-corrected chi connectivity index (χ4v) is 0.448. The van der Waals surface area contributed by atoms with Crippen LogP contribution in [0.4, 0.5) is 0 Å². The molecule has 0 aromatic heterocycles. The van der Waals surface area contributed by atoms with Crippen molar-refractivity contribution in [2.75, 3.05) is 6.54 Å². The molecule has 1 unspecified atom stereocenters. The van der Waals surface area contributed by atoms with Crippen molar-refractivity contribution in [3.63, 3.8) is 0 Å². The van der Waals surface area contributed by atoms with Crippen LogP contribution in [0.2, 0.25) is 0 Å². The summed E-state index contributed by atoms with van der Waals surface area (Å²) >= 11 is 0. The Morgan fingerprint density at radius 3 is 2.67 bits per heavy atom. The SMILES string of the molecule is CC#CC(=O)NCC(N)C(=O)O.